The first kappa shape index (κ1) is 17.1. The van der Waals surface area contributed by atoms with Crippen molar-refractivity contribution in [3.8, 4) is 0 Å². The maximum absolute atomic E-state index is 4.73. The van der Waals surface area contributed by atoms with E-state index in [1.807, 2.05) is 54.6 Å². The predicted molar refractivity (Wildman–Crippen MR) is 115 cm³/mol. The fraction of sp³-hybridized carbons (Fsp3) is 0.0455. The zero-order chi connectivity index (χ0) is 18.5. The molecule has 0 radical (unpaired) electrons. The van der Waals surface area contributed by atoms with Crippen LogP contribution < -0.4 is 5.43 Å². The number of aryl methyl sites for hydroxylation is 1. The number of aromatic nitrogens is 2. The SMILES string of the molecule is Cc1ccc(/C=N\Nc2nc3ccccc3nc2/C=C/c2cccs2)cc1. The highest BCUT2D eigenvalue weighted by molar-refractivity contribution is 7.10. The summed E-state index contributed by atoms with van der Waals surface area (Å²) in [5.41, 5.74) is 7.74. The van der Waals surface area contributed by atoms with Gasteiger partial charge in [-0.05, 0) is 48.2 Å². The molecule has 0 atom stereocenters. The van der Waals surface area contributed by atoms with Gasteiger partial charge in [0.05, 0.1) is 17.2 Å². The molecule has 1 N–H and O–H groups in total. The van der Waals surface area contributed by atoms with Crippen LogP contribution >= 0.6 is 11.3 Å². The zero-order valence-corrected chi connectivity index (χ0v) is 15.6. The molecule has 0 fully saturated rings. The van der Waals surface area contributed by atoms with Crippen LogP contribution in [0.5, 0.6) is 0 Å². The molecule has 132 valence electrons. The molecule has 0 aliphatic heterocycles. The van der Waals surface area contributed by atoms with E-state index in [1.54, 1.807) is 17.6 Å². The molecule has 2 heterocycles. The van der Waals surface area contributed by atoms with Gasteiger partial charge in [0.25, 0.3) is 0 Å². The largest absolute Gasteiger partial charge is 0.260 e. The second-order valence-corrected chi connectivity index (χ2v) is 7.05. The molecule has 4 nitrogen and oxygen atoms in total. The first-order valence-electron chi connectivity index (χ1n) is 8.62. The van der Waals surface area contributed by atoms with Crippen molar-refractivity contribution in [2.45, 2.75) is 6.92 Å². The summed E-state index contributed by atoms with van der Waals surface area (Å²) >= 11 is 1.68. The van der Waals surface area contributed by atoms with Crippen molar-refractivity contribution >= 4 is 46.6 Å². The summed E-state index contributed by atoms with van der Waals surface area (Å²) in [6.07, 6.45) is 5.79. The van der Waals surface area contributed by atoms with Gasteiger partial charge in [-0.2, -0.15) is 5.10 Å². The van der Waals surface area contributed by atoms with Crippen molar-refractivity contribution in [2.75, 3.05) is 5.43 Å². The van der Waals surface area contributed by atoms with Crippen molar-refractivity contribution in [3.63, 3.8) is 0 Å². The van der Waals surface area contributed by atoms with Crippen LogP contribution in [0.4, 0.5) is 5.82 Å². The van der Waals surface area contributed by atoms with Crippen LogP contribution in [0.3, 0.4) is 0 Å². The normalized spacial score (nSPS) is 11.6. The molecule has 0 bridgehead atoms. The molecule has 4 rings (SSSR count). The molecular formula is C22H18N4S. The third kappa shape index (κ3) is 4.27. The van der Waals surface area contributed by atoms with E-state index in [2.05, 4.69) is 46.0 Å². The maximum Gasteiger partial charge on any atom is 0.173 e. The molecule has 2 aromatic carbocycles. The monoisotopic (exact) mass is 370 g/mol. The van der Waals surface area contributed by atoms with Crippen molar-refractivity contribution in [1.82, 2.24) is 9.97 Å². The average molecular weight is 370 g/mol. The molecule has 0 saturated heterocycles. The Labute approximate surface area is 161 Å². The van der Waals surface area contributed by atoms with Crippen molar-refractivity contribution in [2.24, 2.45) is 5.10 Å². The van der Waals surface area contributed by atoms with E-state index in [9.17, 15) is 0 Å². The predicted octanol–water partition coefficient (Wildman–Crippen LogP) is 5.62. The number of fused-ring (bicyclic) bond motifs is 1. The number of hydrogen-bond acceptors (Lipinski definition) is 5. The van der Waals surface area contributed by atoms with E-state index in [4.69, 9.17) is 4.98 Å². The number of benzene rings is 2. The van der Waals surface area contributed by atoms with Gasteiger partial charge in [-0.1, -0.05) is 48.0 Å². The quantitative estimate of drug-likeness (QED) is 0.367. The number of hydrogen-bond donors (Lipinski definition) is 1. The van der Waals surface area contributed by atoms with Gasteiger partial charge in [-0.15, -0.1) is 11.3 Å². The molecule has 2 aromatic heterocycles. The van der Waals surface area contributed by atoms with Crippen LogP contribution in [0.2, 0.25) is 0 Å². The topological polar surface area (TPSA) is 50.2 Å². The number of rotatable bonds is 5. The Kier molecular flexibility index (Phi) is 5.03. The molecule has 0 unspecified atom stereocenters. The summed E-state index contributed by atoms with van der Waals surface area (Å²) in [5, 5.41) is 6.40. The van der Waals surface area contributed by atoms with E-state index in [-0.39, 0.29) is 0 Å². The Bertz CT molecular complexity index is 1100. The van der Waals surface area contributed by atoms with Crippen molar-refractivity contribution < 1.29 is 0 Å². The lowest BCUT2D eigenvalue weighted by Gasteiger charge is -2.06. The first-order chi connectivity index (χ1) is 13.3. The lowest BCUT2D eigenvalue weighted by Crippen LogP contribution is -1.99. The van der Waals surface area contributed by atoms with Crippen LogP contribution in [0.15, 0.2) is 71.1 Å². The molecule has 0 aliphatic rings. The number of hydrazone groups is 1. The summed E-state index contributed by atoms with van der Waals surface area (Å²) in [6.45, 7) is 2.07. The summed E-state index contributed by atoms with van der Waals surface area (Å²) < 4.78 is 0. The third-order valence-electron chi connectivity index (χ3n) is 4.01. The number of thiophene rings is 1. The average Bonchev–Trinajstić information content (AvgIpc) is 3.21. The van der Waals surface area contributed by atoms with E-state index < -0.39 is 0 Å². The molecule has 0 saturated carbocycles. The summed E-state index contributed by atoms with van der Waals surface area (Å²) in [6, 6.07) is 20.1. The molecular weight excluding hydrogens is 352 g/mol. The van der Waals surface area contributed by atoms with Crippen LogP contribution in [0, 0.1) is 6.92 Å². The van der Waals surface area contributed by atoms with Gasteiger partial charge in [0.1, 0.15) is 5.69 Å². The fourth-order valence-electron chi connectivity index (χ4n) is 2.58. The van der Waals surface area contributed by atoms with Crippen molar-refractivity contribution in [1.29, 1.82) is 0 Å². The van der Waals surface area contributed by atoms with Gasteiger partial charge < -0.3 is 0 Å². The zero-order valence-electron chi connectivity index (χ0n) is 14.8. The smallest absolute Gasteiger partial charge is 0.173 e. The highest BCUT2D eigenvalue weighted by Crippen LogP contribution is 2.20. The highest BCUT2D eigenvalue weighted by atomic mass is 32.1. The Hall–Kier alpha value is -3.31. The Morgan fingerprint density at radius 3 is 2.41 bits per heavy atom. The van der Waals surface area contributed by atoms with Crippen LogP contribution in [-0.2, 0) is 0 Å². The van der Waals surface area contributed by atoms with Gasteiger partial charge in [0.2, 0.25) is 0 Å². The molecule has 5 heteroatoms. The maximum atomic E-state index is 4.73. The summed E-state index contributed by atoms with van der Waals surface area (Å²) in [5.74, 6) is 0.630. The number of anilines is 1. The minimum absolute atomic E-state index is 0.630. The molecule has 4 aromatic rings. The van der Waals surface area contributed by atoms with Crippen LogP contribution in [-0.4, -0.2) is 16.2 Å². The lowest BCUT2D eigenvalue weighted by atomic mass is 10.2. The second kappa shape index (κ2) is 7.93. The van der Waals surface area contributed by atoms with Gasteiger partial charge in [0.15, 0.2) is 5.82 Å². The number of para-hydroxylation sites is 2. The highest BCUT2D eigenvalue weighted by Gasteiger charge is 2.06. The second-order valence-electron chi connectivity index (χ2n) is 6.08. The summed E-state index contributed by atoms with van der Waals surface area (Å²) in [7, 11) is 0. The summed E-state index contributed by atoms with van der Waals surface area (Å²) in [4.78, 5) is 10.6. The van der Waals surface area contributed by atoms with E-state index in [0.717, 1.165) is 22.3 Å². The van der Waals surface area contributed by atoms with Crippen LogP contribution in [0.1, 0.15) is 21.7 Å². The standard InChI is InChI=1S/C22H18N4S/c1-16-8-10-17(11-9-16)15-23-26-22-21(13-12-18-5-4-14-27-18)24-19-6-2-3-7-20(19)25-22/h2-15H,1H3,(H,25,26)/b13-12+,23-15-. The van der Waals surface area contributed by atoms with Crippen molar-refractivity contribution in [3.05, 3.63) is 87.7 Å². The molecule has 27 heavy (non-hydrogen) atoms. The molecule has 0 aliphatic carbocycles. The van der Waals surface area contributed by atoms with Gasteiger partial charge in [-0.25, -0.2) is 9.97 Å². The first-order valence-corrected chi connectivity index (χ1v) is 9.50. The Morgan fingerprint density at radius 1 is 0.889 bits per heavy atom. The lowest BCUT2D eigenvalue weighted by molar-refractivity contribution is 1.20. The Morgan fingerprint density at radius 2 is 1.67 bits per heavy atom. The van der Waals surface area contributed by atoms with Gasteiger partial charge in [0, 0.05) is 4.88 Å². The van der Waals surface area contributed by atoms with Gasteiger partial charge in [-0.3, -0.25) is 5.43 Å². The molecule has 0 amide bonds. The number of nitrogens with one attached hydrogen (secondary N) is 1. The van der Waals surface area contributed by atoms with E-state index >= 15 is 0 Å². The Balaban J connectivity index is 1.64. The third-order valence-corrected chi connectivity index (χ3v) is 4.85. The minimum Gasteiger partial charge on any atom is -0.260 e. The van der Waals surface area contributed by atoms with Gasteiger partial charge >= 0.3 is 0 Å². The fourth-order valence-corrected chi connectivity index (χ4v) is 3.20. The van der Waals surface area contributed by atoms with E-state index in [0.29, 0.717) is 5.82 Å². The van der Waals surface area contributed by atoms with Crippen LogP contribution in [0.25, 0.3) is 23.2 Å². The number of nitrogens with zero attached hydrogens (tertiary/aromatic N) is 3. The molecule has 0 spiro atoms. The van der Waals surface area contributed by atoms with E-state index in [1.165, 1.54) is 10.4 Å². The minimum atomic E-state index is 0.630.